The van der Waals surface area contributed by atoms with Crippen LogP contribution < -0.4 is 0 Å². The molecule has 0 saturated carbocycles. The molecule has 0 atom stereocenters. The summed E-state index contributed by atoms with van der Waals surface area (Å²) >= 11 is 0. The van der Waals surface area contributed by atoms with Crippen LogP contribution in [0.2, 0.25) is 0 Å². The molecular weight excluding hydrogens is 240 g/mol. The van der Waals surface area contributed by atoms with Gasteiger partial charge in [-0.25, -0.2) is 9.78 Å². The van der Waals surface area contributed by atoms with E-state index in [0.717, 1.165) is 16.9 Å². The van der Waals surface area contributed by atoms with Crippen molar-refractivity contribution < 1.29 is 9.53 Å². The molecule has 2 heterocycles. The second kappa shape index (κ2) is 4.57. The number of esters is 1. The highest BCUT2D eigenvalue weighted by atomic mass is 16.5. The van der Waals surface area contributed by atoms with Gasteiger partial charge < -0.3 is 9.14 Å². The van der Waals surface area contributed by atoms with Gasteiger partial charge in [-0.1, -0.05) is 18.2 Å². The van der Waals surface area contributed by atoms with Crippen LogP contribution in [0.25, 0.3) is 16.9 Å². The van der Waals surface area contributed by atoms with Crippen LogP contribution >= 0.6 is 0 Å². The first-order valence-corrected chi connectivity index (χ1v) is 5.90. The van der Waals surface area contributed by atoms with Gasteiger partial charge >= 0.3 is 5.97 Å². The Bertz CT molecular complexity index is 696. The van der Waals surface area contributed by atoms with Crippen LogP contribution in [0.4, 0.5) is 0 Å². The van der Waals surface area contributed by atoms with Gasteiger partial charge in [0.1, 0.15) is 5.65 Å². The maximum absolute atomic E-state index is 11.4. The molecule has 4 heteroatoms. The van der Waals surface area contributed by atoms with E-state index in [-0.39, 0.29) is 5.97 Å². The van der Waals surface area contributed by atoms with E-state index in [1.807, 2.05) is 47.1 Å². The summed E-state index contributed by atoms with van der Waals surface area (Å²) in [5.74, 6) is -0.332. The van der Waals surface area contributed by atoms with Crippen molar-refractivity contribution in [2.45, 2.75) is 0 Å². The molecule has 0 spiro atoms. The fourth-order valence-corrected chi connectivity index (χ4v) is 1.97. The molecule has 19 heavy (non-hydrogen) atoms. The number of fused-ring (bicyclic) bond motifs is 1. The number of methoxy groups -OCH3 is 1. The van der Waals surface area contributed by atoms with Gasteiger partial charge in [0, 0.05) is 18.0 Å². The molecule has 0 unspecified atom stereocenters. The van der Waals surface area contributed by atoms with Gasteiger partial charge in [-0.05, 0) is 24.3 Å². The summed E-state index contributed by atoms with van der Waals surface area (Å²) in [6.07, 6.45) is 3.91. The van der Waals surface area contributed by atoms with E-state index in [9.17, 15) is 4.79 Å². The number of benzene rings is 1. The Hall–Kier alpha value is -2.62. The smallest absolute Gasteiger partial charge is 0.337 e. The first-order chi connectivity index (χ1) is 9.28. The number of imidazole rings is 1. The van der Waals surface area contributed by atoms with E-state index in [0.29, 0.717) is 5.56 Å². The number of ether oxygens (including phenoxy) is 1. The topological polar surface area (TPSA) is 43.6 Å². The van der Waals surface area contributed by atoms with E-state index >= 15 is 0 Å². The number of rotatable bonds is 2. The largest absolute Gasteiger partial charge is 0.465 e. The lowest BCUT2D eigenvalue weighted by atomic mass is 10.1. The summed E-state index contributed by atoms with van der Waals surface area (Å²) in [4.78, 5) is 15.9. The van der Waals surface area contributed by atoms with Crippen LogP contribution in [0.3, 0.4) is 0 Å². The number of pyridine rings is 1. The number of carbonyl (C=O) groups is 1. The van der Waals surface area contributed by atoms with Gasteiger partial charge in [-0.3, -0.25) is 0 Å². The monoisotopic (exact) mass is 252 g/mol. The molecule has 0 aliphatic heterocycles. The highest BCUT2D eigenvalue weighted by Crippen LogP contribution is 2.19. The van der Waals surface area contributed by atoms with Crippen molar-refractivity contribution in [2.75, 3.05) is 7.11 Å². The van der Waals surface area contributed by atoms with Gasteiger partial charge in [0.15, 0.2) is 0 Å². The molecule has 0 bridgehead atoms. The Morgan fingerprint density at radius 3 is 2.63 bits per heavy atom. The van der Waals surface area contributed by atoms with E-state index in [1.54, 1.807) is 12.1 Å². The average Bonchev–Trinajstić information content (AvgIpc) is 2.90. The second-order valence-corrected chi connectivity index (χ2v) is 4.16. The van der Waals surface area contributed by atoms with E-state index in [2.05, 4.69) is 9.72 Å². The van der Waals surface area contributed by atoms with Gasteiger partial charge in [0.25, 0.3) is 0 Å². The van der Waals surface area contributed by atoms with E-state index < -0.39 is 0 Å². The van der Waals surface area contributed by atoms with Crippen molar-refractivity contribution in [1.29, 1.82) is 0 Å². The fourth-order valence-electron chi connectivity index (χ4n) is 1.97. The minimum absolute atomic E-state index is 0.332. The Kier molecular flexibility index (Phi) is 2.76. The summed E-state index contributed by atoms with van der Waals surface area (Å²) < 4.78 is 6.63. The third-order valence-corrected chi connectivity index (χ3v) is 2.97. The predicted octanol–water partition coefficient (Wildman–Crippen LogP) is 2.79. The zero-order valence-electron chi connectivity index (χ0n) is 10.4. The van der Waals surface area contributed by atoms with Gasteiger partial charge in [-0.15, -0.1) is 0 Å². The number of carbonyl (C=O) groups excluding carboxylic acids is 1. The third-order valence-electron chi connectivity index (χ3n) is 2.97. The lowest BCUT2D eigenvalue weighted by Gasteiger charge is -2.00. The first kappa shape index (κ1) is 11.5. The molecule has 0 radical (unpaired) electrons. The average molecular weight is 252 g/mol. The van der Waals surface area contributed by atoms with Crippen molar-refractivity contribution in [2.24, 2.45) is 0 Å². The molecule has 94 valence electrons. The maximum atomic E-state index is 11.4. The number of hydrogen-bond donors (Lipinski definition) is 0. The number of nitrogens with zero attached hydrogens (tertiary/aromatic N) is 2. The van der Waals surface area contributed by atoms with Crippen LogP contribution in [0.15, 0.2) is 54.9 Å². The maximum Gasteiger partial charge on any atom is 0.337 e. The number of hydrogen-bond acceptors (Lipinski definition) is 3. The van der Waals surface area contributed by atoms with Crippen LogP contribution in [0.5, 0.6) is 0 Å². The Morgan fingerprint density at radius 2 is 1.95 bits per heavy atom. The fraction of sp³-hybridized carbons (Fsp3) is 0.0667. The highest BCUT2D eigenvalue weighted by Gasteiger charge is 2.07. The standard InChI is InChI=1S/C15H12N2O2/c1-19-15(18)12-7-5-11(6-8-12)13-10-17-9-3-2-4-14(17)16-13/h2-10H,1H3. The van der Waals surface area contributed by atoms with Crippen molar-refractivity contribution >= 4 is 11.6 Å². The molecule has 0 saturated heterocycles. The van der Waals surface area contributed by atoms with Crippen LogP contribution in [-0.2, 0) is 4.74 Å². The Labute approximate surface area is 110 Å². The molecule has 4 nitrogen and oxygen atoms in total. The van der Waals surface area contributed by atoms with Crippen LogP contribution in [-0.4, -0.2) is 22.5 Å². The third kappa shape index (κ3) is 2.08. The quantitative estimate of drug-likeness (QED) is 0.659. The van der Waals surface area contributed by atoms with E-state index in [4.69, 9.17) is 0 Å². The first-order valence-electron chi connectivity index (χ1n) is 5.90. The summed E-state index contributed by atoms with van der Waals surface area (Å²) in [5, 5.41) is 0. The van der Waals surface area contributed by atoms with Crippen LogP contribution in [0.1, 0.15) is 10.4 Å². The minimum Gasteiger partial charge on any atom is -0.465 e. The number of aromatic nitrogens is 2. The van der Waals surface area contributed by atoms with E-state index in [1.165, 1.54) is 7.11 Å². The molecule has 0 amide bonds. The SMILES string of the molecule is COC(=O)c1ccc(-c2cn3ccccc3n2)cc1. The molecule has 0 aliphatic carbocycles. The Balaban J connectivity index is 1.99. The lowest BCUT2D eigenvalue weighted by molar-refractivity contribution is 0.0601. The molecule has 0 aliphatic rings. The summed E-state index contributed by atoms with van der Waals surface area (Å²) in [6.45, 7) is 0. The van der Waals surface area contributed by atoms with Gasteiger partial charge in [0.2, 0.25) is 0 Å². The van der Waals surface area contributed by atoms with Crippen molar-refractivity contribution in [3.63, 3.8) is 0 Å². The molecule has 3 aromatic rings. The zero-order valence-corrected chi connectivity index (χ0v) is 10.4. The molecule has 0 N–H and O–H groups in total. The summed E-state index contributed by atoms with van der Waals surface area (Å²) in [5.41, 5.74) is 3.28. The van der Waals surface area contributed by atoms with Crippen molar-refractivity contribution in [3.05, 3.63) is 60.4 Å². The molecular formula is C15H12N2O2. The highest BCUT2D eigenvalue weighted by molar-refractivity contribution is 5.89. The second-order valence-electron chi connectivity index (χ2n) is 4.16. The zero-order chi connectivity index (χ0) is 13.2. The Morgan fingerprint density at radius 1 is 1.16 bits per heavy atom. The predicted molar refractivity (Wildman–Crippen MR) is 72.0 cm³/mol. The van der Waals surface area contributed by atoms with Crippen molar-refractivity contribution in [1.82, 2.24) is 9.38 Å². The molecule has 1 aromatic carbocycles. The van der Waals surface area contributed by atoms with Crippen molar-refractivity contribution in [3.8, 4) is 11.3 Å². The van der Waals surface area contributed by atoms with Gasteiger partial charge in [-0.2, -0.15) is 0 Å². The van der Waals surface area contributed by atoms with Crippen LogP contribution in [0, 0.1) is 0 Å². The summed E-state index contributed by atoms with van der Waals surface area (Å²) in [6, 6.07) is 13.1. The molecule has 0 fully saturated rings. The minimum atomic E-state index is -0.332. The normalized spacial score (nSPS) is 10.6. The lowest BCUT2D eigenvalue weighted by Crippen LogP contribution is -2.00. The molecule has 2 aromatic heterocycles. The summed E-state index contributed by atoms with van der Waals surface area (Å²) in [7, 11) is 1.37. The van der Waals surface area contributed by atoms with Gasteiger partial charge in [0.05, 0.1) is 18.4 Å². The molecule has 3 rings (SSSR count).